The van der Waals surface area contributed by atoms with Gasteiger partial charge in [-0.15, -0.1) is 0 Å². The van der Waals surface area contributed by atoms with Crippen LogP contribution in [0.1, 0.15) is 20.8 Å². The first kappa shape index (κ1) is 10.9. The number of carbonyl (C=O) groups is 2. The van der Waals surface area contributed by atoms with Gasteiger partial charge in [-0.3, -0.25) is 9.59 Å². The Hall–Kier alpha value is -1.06. The molecule has 0 aromatic carbocycles. The molecule has 1 unspecified atom stereocenters. The zero-order chi connectivity index (χ0) is 9.72. The van der Waals surface area contributed by atoms with Crippen molar-refractivity contribution in [3.8, 4) is 0 Å². The molecule has 2 N–H and O–H groups in total. The van der Waals surface area contributed by atoms with Crippen LogP contribution < -0.4 is 5.32 Å². The molecule has 0 aromatic rings. The van der Waals surface area contributed by atoms with Crippen LogP contribution in [0.5, 0.6) is 0 Å². The van der Waals surface area contributed by atoms with Crippen LogP contribution in [0.3, 0.4) is 0 Å². The second-order valence-electron chi connectivity index (χ2n) is 3.14. The van der Waals surface area contributed by atoms with E-state index in [1.165, 1.54) is 0 Å². The van der Waals surface area contributed by atoms with Crippen LogP contribution in [0.15, 0.2) is 0 Å². The number of nitrogens with one attached hydrogen (secondary N) is 1. The second-order valence-corrected chi connectivity index (χ2v) is 3.14. The van der Waals surface area contributed by atoms with Crippen molar-refractivity contribution in [3.63, 3.8) is 0 Å². The molecule has 70 valence electrons. The molecule has 1 fully saturated rings. The summed E-state index contributed by atoms with van der Waals surface area (Å²) in [7, 11) is 0. The lowest BCUT2D eigenvalue weighted by molar-refractivity contribution is -0.140. The predicted octanol–water partition coefficient (Wildman–Crippen LogP) is 0.479. The number of carboxylic acids is 1. The normalized spacial score (nSPS) is 20.3. The Morgan fingerprint density at radius 2 is 2.00 bits per heavy atom. The number of aliphatic carboxylic acids is 1. The van der Waals surface area contributed by atoms with E-state index >= 15 is 0 Å². The van der Waals surface area contributed by atoms with Crippen molar-refractivity contribution in [1.29, 1.82) is 0 Å². The highest BCUT2D eigenvalue weighted by molar-refractivity contribution is 5.83. The lowest BCUT2D eigenvalue weighted by Gasteiger charge is -2.20. The molecule has 0 aliphatic carbocycles. The van der Waals surface area contributed by atoms with Crippen molar-refractivity contribution >= 4 is 11.9 Å². The monoisotopic (exact) mass is 173 g/mol. The maximum Gasteiger partial charge on any atom is 0.305 e. The second kappa shape index (κ2) is 4.74. The quantitative estimate of drug-likeness (QED) is 0.567. The van der Waals surface area contributed by atoms with Gasteiger partial charge in [0.1, 0.15) is 0 Å². The van der Waals surface area contributed by atoms with Crippen LogP contribution in [-0.2, 0) is 9.59 Å². The standard InChI is InChI=1S/C4H7NO.C4H8O2/c1-3-2-5-4(3)6;1-3(2)4(5)6/h3H,2H2,1H3,(H,5,6);3H,1-2H3,(H,5,6). The number of carboxylic acid groups (broad SMARTS) is 1. The molecule has 4 heteroatoms. The van der Waals surface area contributed by atoms with Gasteiger partial charge >= 0.3 is 5.97 Å². The molecule has 0 radical (unpaired) electrons. The van der Waals surface area contributed by atoms with E-state index in [0.29, 0.717) is 0 Å². The summed E-state index contributed by atoms with van der Waals surface area (Å²) in [6.45, 7) is 6.07. The Kier molecular flexibility index (Phi) is 4.33. The highest BCUT2D eigenvalue weighted by Gasteiger charge is 2.20. The molecule has 0 saturated carbocycles. The van der Waals surface area contributed by atoms with Gasteiger partial charge < -0.3 is 10.4 Å². The van der Waals surface area contributed by atoms with Crippen LogP contribution in [0.25, 0.3) is 0 Å². The number of carbonyl (C=O) groups excluding carboxylic acids is 1. The summed E-state index contributed by atoms with van der Waals surface area (Å²) < 4.78 is 0. The van der Waals surface area contributed by atoms with E-state index < -0.39 is 5.97 Å². The largest absolute Gasteiger partial charge is 0.481 e. The van der Waals surface area contributed by atoms with E-state index in [0.717, 1.165) is 6.54 Å². The van der Waals surface area contributed by atoms with Crippen LogP contribution in [0, 0.1) is 11.8 Å². The maximum absolute atomic E-state index is 10.1. The molecule has 0 spiro atoms. The Bertz CT molecular complexity index is 168. The van der Waals surface area contributed by atoms with Gasteiger partial charge in [-0.05, 0) is 0 Å². The molecule has 12 heavy (non-hydrogen) atoms. The van der Waals surface area contributed by atoms with Crippen molar-refractivity contribution in [2.24, 2.45) is 11.8 Å². The summed E-state index contributed by atoms with van der Waals surface area (Å²) in [5.74, 6) is -0.500. The van der Waals surface area contributed by atoms with E-state index in [1.807, 2.05) is 6.92 Å². The number of β-lactam (4-membered cyclic amide) rings is 1. The third-order valence-corrected chi connectivity index (χ3v) is 1.52. The number of hydrogen-bond acceptors (Lipinski definition) is 2. The van der Waals surface area contributed by atoms with Crippen LogP contribution >= 0.6 is 0 Å². The minimum atomic E-state index is -0.741. The molecular weight excluding hydrogens is 158 g/mol. The molecule has 1 atom stereocenters. The highest BCUT2D eigenvalue weighted by atomic mass is 16.4. The Morgan fingerprint density at radius 1 is 1.67 bits per heavy atom. The fraction of sp³-hybridized carbons (Fsp3) is 0.750. The minimum Gasteiger partial charge on any atom is -0.481 e. The minimum absolute atomic E-state index is 0.190. The van der Waals surface area contributed by atoms with Gasteiger partial charge in [-0.25, -0.2) is 0 Å². The average Bonchev–Trinajstić information content (AvgIpc) is 2.02. The van der Waals surface area contributed by atoms with Crippen molar-refractivity contribution < 1.29 is 14.7 Å². The average molecular weight is 173 g/mol. The molecule has 1 saturated heterocycles. The zero-order valence-corrected chi connectivity index (χ0v) is 7.63. The predicted molar refractivity (Wildman–Crippen MR) is 44.6 cm³/mol. The summed E-state index contributed by atoms with van der Waals surface area (Å²) in [6, 6.07) is 0. The SMILES string of the molecule is CC(C)C(=O)O.CC1CNC1=O. The first-order valence-corrected chi connectivity index (χ1v) is 3.95. The van der Waals surface area contributed by atoms with E-state index in [9.17, 15) is 9.59 Å². The van der Waals surface area contributed by atoms with Gasteiger partial charge in [0, 0.05) is 6.54 Å². The molecule has 1 heterocycles. The molecule has 1 amide bonds. The van der Waals surface area contributed by atoms with Gasteiger partial charge in [-0.2, -0.15) is 0 Å². The topological polar surface area (TPSA) is 66.4 Å². The molecule has 4 nitrogen and oxygen atoms in total. The third-order valence-electron chi connectivity index (χ3n) is 1.52. The van der Waals surface area contributed by atoms with Crippen molar-refractivity contribution in [2.75, 3.05) is 6.54 Å². The van der Waals surface area contributed by atoms with Gasteiger partial charge in [0.15, 0.2) is 0 Å². The lowest BCUT2D eigenvalue weighted by Crippen LogP contribution is -2.46. The Morgan fingerprint density at radius 3 is 2.00 bits per heavy atom. The smallest absolute Gasteiger partial charge is 0.305 e. The van der Waals surface area contributed by atoms with Crippen molar-refractivity contribution in [2.45, 2.75) is 20.8 Å². The first-order chi connectivity index (χ1) is 5.45. The summed E-state index contributed by atoms with van der Waals surface area (Å²) >= 11 is 0. The summed E-state index contributed by atoms with van der Waals surface area (Å²) in [5.41, 5.74) is 0. The molecule has 1 aliphatic rings. The van der Waals surface area contributed by atoms with Gasteiger partial charge in [0.2, 0.25) is 5.91 Å². The fourth-order valence-corrected chi connectivity index (χ4v) is 0.390. The van der Waals surface area contributed by atoms with E-state index in [2.05, 4.69) is 5.32 Å². The fourth-order valence-electron chi connectivity index (χ4n) is 0.390. The molecular formula is C8H15NO3. The van der Waals surface area contributed by atoms with Crippen LogP contribution in [0.2, 0.25) is 0 Å². The molecule has 0 bridgehead atoms. The zero-order valence-electron chi connectivity index (χ0n) is 7.63. The molecule has 1 aliphatic heterocycles. The van der Waals surface area contributed by atoms with Crippen LogP contribution in [0.4, 0.5) is 0 Å². The highest BCUT2D eigenvalue weighted by Crippen LogP contribution is 2.00. The summed E-state index contributed by atoms with van der Waals surface area (Å²) in [6.07, 6.45) is 0. The number of amides is 1. The number of rotatable bonds is 1. The van der Waals surface area contributed by atoms with Gasteiger partial charge in [0.25, 0.3) is 0 Å². The van der Waals surface area contributed by atoms with E-state index in [4.69, 9.17) is 5.11 Å². The first-order valence-electron chi connectivity index (χ1n) is 3.95. The van der Waals surface area contributed by atoms with E-state index in [-0.39, 0.29) is 17.7 Å². The summed E-state index contributed by atoms with van der Waals surface area (Å²) in [5, 5.41) is 10.6. The Labute approximate surface area is 72.0 Å². The van der Waals surface area contributed by atoms with Gasteiger partial charge in [0.05, 0.1) is 11.8 Å². The van der Waals surface area contributed by atoms with Gasteiger partial charge in [-0.1, -0.05) is 20.8 Å². The third kappa shape index (κ3) is 3.95. The lowest BCUT2D eigenvalue weighted by atomic mass is 10.1. The molecule has 1 rings (SSSR count). The van der Waals surface area contributed by atoms with Crippen molar-refractivity contribution in [3.05, 3.63) is 0 Å². The molecule has 0 aromatic heterocycles. The van der Waals surface area contributed by atoms with Crippen molar-refractivity contribution in [1.82, 2.24) is 5.32 Å². The Balaban J connectivity index is 0.000000202. The van der Waals surface area contributed by atoms with E-state index in [1.54, 1.807) is 13.8 Å². The maximum atomic E-state index is 10.1. The van der Waals surface area contributed by atoms with Crippen LogP contribution in [-0.4, -0.2) is 23.5 Å². The summed E-state index contributed by atoms with van der Waals surface area (Å²) in [4.78, 5) is 19.8. The number of hydrogen-bond donors (Lipinski definition) is 2.